The van der Waals surface area contributed by atoms with Gasteiger partial charge in [-0.2, -0.15) is 0 Å². The van der Waals surface area contributed by atoms with Crippen LogP contribution in [0, 0.1) is 17.3 Å². The third-order valence-corrected chi connectivity index (χ3v) is 3.82. The maximum Gasteiger partial charge on any atom is 0.0465 e. The van der Waals surface area contributed by atoms with E-state index in [1.807, 2.05) is 0 Å². The van der Waals surface area contributed by atoms with Crippen molar-refractivity contribution in [3.05, 3.63) is 0 Å². The van der Waals surface area contributed by atoms with Crippen LogP contribution in [0.4, 0.5) is 0 Å². The molecule has 1 heterocycles. The van der Waals surface area contributed by atoms with Gasteiger partial charge < -0.3 is 0 Å². The summed E-state index contributed by atoms with van der Waals surface area (Å²) >= 11 is 0. The molecule has 0 bridgehead atoms. The Balaban J connectivity index is 1.98. The minimum Gasteiger partial charge on any atom is -0.296 e. The molecule has 11 heavy (non-hydrogen) atoms. The van der Waals surface area contributed by atoms with Gasteiger partial charge in [-0.1, -0.05) is 20.3 Å². The Morgan fingerprint density at radius 1 is 1.64 bits per heavy atom. The zero-order chi connectivity index (χ0) is 7.90. The van der Waals surface area contributed by atoms with Gasteiger partial charge >= 0.3 is 0 Å². The standard InChI is InChI=1S/C10H17N/c1-3-10(4-5-10)8(2)9-6-11-7-9/h6,8-9H,3-5,7H2,1-2H3/t8-,9?/m0/s1. The molecular formula is C10H17N. The fourth-order valence-corrected chi connectivity index (χ4v) is 2.26. The lowest BCUT2D eigenvalue weighted by molar-refractivity contribution is 0.262. The van der Waals surface area contributed by atoms with Crippen molar-refractivity contribution in [3.63, 3.8) is 0 Å². The predicted octanol–water partition coefficient (Wildman–Crippen LogP) is 2.51. The van der Waals surface area contributed by atoms with E-state index in [9.17, 15) is 0 Å². The smallest absolute Gasteiger partial charge is 0.0465 e. The molecule has 1 nitrogen and oxygen atoms in total. The number of hydrogen-bond acceptors (Lipinski definition) is 1. The minimum absolute atomic E-state index is 0.733. The van der Waals surface area contributed by atoms with E-state index < -0.39 is 0 Å². The highest BCUT2D eigenvalue weighted by molar-refractivity contribution is 5.67. The first-order valence-corrected chi connectivity index (χ1v) is 4.78. The second kappa shape index (κ2) is 2.33. The van der Waals surface area contributed by atoms with Crippen molar-refractivity contribution >= 4 is 6.21 Å². The monoisotopic (exact) mass is 151 g/mol. The molecule has 0 spiro atoms. The molecule has 0 radical (unpaired) electrons. The fraction of sp³-hybridized carbons (Fsp3) is 0.900. The third kappa shape index (κ3) is 1.02. The summed E-state index contributed by atoms with van der Waals surface area (Å²) in [5, 5.41) is 0. The Morgan fingerprint density at radius 2 is 2.27 bits per heavy atom. The van der Waals surface area contributed by atoms with E-state index in [0.717, 1.165) is 23.8 Å². The molecular weight excluding hydrogens is 134 g/mol. The molecule has 62 valence electrons. The van der Waals surface area contributed by atoms with Crippen LogP contribution in [0.3, 0.4) is 0 Å². The van der Waals surface area contributed by atoms with Crippen LogP contribution in [0.25, 0.3) is 0 Å². The van der Waals surface area contributed by atoms with Crippen molar-refractivity contribution in [2.24, 2.45) is 22.2 Å². The number of rotatable bonds is 3. The summed E-state index contributed by atoms with van der Waals surface area (Å²) in [6.45, 7) is 5.84. The summed E-state index contributed by atoms with van der Waals surface area (Å²) in [5.74, 6) is 1.71. The van der Waals surface area contributed by atoms with Gasteiger partial charge in [0.25, 0.3) is 0 Å². The topological polar surface area (TPSA) is 12.4 Å². The lowest BCUT2D eigenvalue weighted by Gasteiger charge is -2.30. The molecule has 0 saturated heterocycles. The van der Waals surface area contributed by atoms with Gasteiger partial charge in [0.2, 0.25) is 0 Å². The molecule has 2 atom stereocenters. The Kier molecular flexibility index (Phi) is 1.55. The number of hydrogen-bond donors (Lipinski definition) is 0. The Morgan fingerprint density at radius 3 is 2.55 bits per heavy atom. The van der Waals surface area contributed by atoms with Crippen LogP contribution in [-0.2, 0) is 0 Å². The average Bonchev–Trinajstić information content (AvgIpc) is 2.63. The van der Waals surface area contributed by atoms with Gasteiger partial charge in [-0.15, -0.1) is 0 Å². The van der Waals surface area contributed by atoms with E-state index in [4.69, 9.17) is 0 Å². The first kappa shape index (κ1) is 7.33. The molecule has 0 aromatic rings. The normalized spacial score (nSPS) is 34.5. The number of aliphatic imine (C=N–C) groups is 1. The summed E-state index contributed by atoms with van der Waals surface area (Å²) in [7, 11) is 0. The van der Waals surface area contributed by atoms with Gasteiger partial charge in [0.05, 0.1) is 0 Å². The highest BCUT2D eigenvalue weighted by Gasteiger charge is 2.48. The molecule has 1 aliphatic carbocycles. The van der Waals surface area contributed by atoms with E-state index in [1.165, 1.54) is 19.3 Å². The maximum atomic E-state index is 4.17. The van der Waals surface area contributed by atoms with Crippen LogP contribution < -0.4 is 0 Å². The second-order valence-electron chi connectivity index (χ2n) is 4.18. The van der Waals surface area contributed by atoms with Crippen molar-refractivity contribution in [3.8, 4) is 0 Å². The Hall–Kier alpha value is -0.330. The van der Waals surface area contributed by atoms with Crippen molar-refractivity contribution in [1.29, 1.82) is 0 Å². The predicted molar refractivity (Wildman–Crippen MR) is 48.0 cm³/mol. The van der Waals surface area contributed by atoms with Crippen LogP contribution in [0.5, 0.6) is 0 Å². The molecule has 0 amide bonds. The summed E-state index contributed by atoms with van der Waals surface area (Å²) in [5.41, 5.74) is 0.733. The van der Waals surface area contributed by atoms with E-state index in [2.05, 4.69) is 25.1 Å². The number of nitrogens with zero attached hydrogens (tertiary/aromatic N) is 1. The summed E-state index contributed by atoms with van der Waals surface area (Å²) in [4.78, 5) is 4.17. The first-order chi connectivity index (χ1) is 5.28. The summed E-state index contributed by atoms with van der Waals surface area (Å²) in [6.07, 6.45) is 6.46. The molecule has 0 N–H and O–H groups in total. The summed E-state index contributed by atoms with van der Waals surface area (Å²) < 4.78 is 0. The van der Waals surface area contributed by atoms with Crippen molar-refractivity contribution in [2.75, 3.05) is 6.54 Å². The SMILES string of the molecule is CCC1([C@@H](C)C2C=NC2)CC1. The van der Waals surface area contributed by atoms with Crippen LogP contribution in [0.1, 0.15) is 33.1 Å². The minimum atomic E-state index is 0.733. The Labute approximate surface area is 68.9 Å². The molecule has 1 heteroatoms. The van der Waals surface area contributed by atoms with Crippen LogP contribution >= 0.6 is 0 Å². The maximum absolute atomic E-state index is 4.17. The van der Waals surface area contributed by atoms with Gasteiger partial charge in [0.1, 0.15) is 0 Å². The van der Waals surface area contributed by atoms with Crippen LogP contribution in [0.2, 0.25) is 0 Å². The quantitative estimate of drug-likeness (QED) is 0.587. The van der Waals surface area contributed by atoms with Gasteiger partial charge in [-0.25, -0.2) is 0 Å². The van der Waals surface area contributed by atoms with Gasteiger partial charge in [0, 0.05) is 18.7 Å². The van der Waals surface area contributed by atoms with E-state index in [1.54, 1.807) is 0 Å². The molecule has 1 saturated carbocycles. The Bertz CT molecular complexity index is 179. The van der Waals surface area contributed by atoms with Crippen molar-refractivity contribution < 1.29 is 0 Å². The third-order valence-electron chi connectivity index (χ3n) is 3.82. The highest BCUT2D eigenvalue weighted by atomic mass is 14.8. The first-order valence-electron chi connectivity index (χ1n) is 4.78. The molecule has 2 rings (SSSR count). The fourth-order valence-electron chi connectivity index (χ4n) is 2.26. The molecule has 0 aromatic heterocycles. The average molecular weight is 151 g/mol. The van der Waals surface area contributed by atoms with Gasteiger partial charge in [-0.05, 0) is 24.2 Å². The molecule has 1 aliphatic heterocycles. The van der Waals surface area contributed by atoms with Crippen LogP contribution in [-0.4, -0.2) is 12.8 Å². The van der Waals surface area contributed by atoms with Crippen molar-refractivity contribution in [1.82, 2.24) is 0 Å². The lowest BCUT2D eigenvalue weighted by atomic mass is 9.78. The molecule has 1 unspecified atom stereocenters. The lowest BCUT2D eigenvalue weighted by Crippen LogP contribution is -2.30. The molecule has 2 aliphatic rings. The highest BCUT2D eigenvalue weighted by Crippen LogP contribution is 2.57. The van der Waals surface area contributed by atoms with E-state index >= 15 is 0 Å². The molecule has 1 fully saturated rings. The second-order valence-corrected chi connectivity index (χ2v) is 4.18. The zero-order valence-corrected chi connectivity index (χ0v) is 7.51. The zero-order valence-electron chi connectivity index (χ0n) is 7.51. The summed E-state index contributed by atoms with van der Waals surface area (Å²) in [6, 6.07) is 0. The van der Waals surface area contributed by atoms with E-state index in [-0.39, 0.29) is 0 Å². The van der Waals surface area contributed by atoms with Crippen LogP contribution in [0.15, 0.2) is 4.99 Å². The van der Waals surface area contributed by atoms with Crippen molar-refractivity contribution in [2.45, 2.75) is 33.1 Å². The molecule has 0 aromatic carbocycles. The largest absolute Gasteiger partial charge is 0.296 e. The van der Waals surface area contributed by atoms with Gasteiger partial charge in [0.15, 0.2) is 0 Å². The van der Waals surface area contributed by atoms with Gasteiger partial charge in [-0.3, -0.25) is 4.99 Å². The van der Waals surface area contributed by atoms with E-state index in [0.29, 0.717) is 0 Å².